The predicted octanol–water partition coefficient (Wildman–Crippen LogP) is 0.513. The molecule has 0 spiro atoms. The predicted molar refractivity (Wildman–Crippen MR) is 94.2 cm³/mol. The fourth-order valence-electron chi connectivity index (χ4n) is 4.07. The summed E-state index contributed by atoms with van der Waals surface area (Å²) in [4.78, 5) is 17.2. The summed E-state index contributed by atoms with van der Waals surface area (Å²) < 4.78 is 7.20. The molecule has 0 unspecified atom stereocenters. The van der Waals surface area contributed by atoms with Gasteiger partial charge >= 0.3 is 0 Å². The van der Waals surface area contributed by atoms with Crippen LogP contribution in [0.1, 0.15) is 24.8 Å². The van der Waals surface area contributed by atoms with E-state index in [0.29, 0.717) is 18.5 Å². The van der Waals surface area contributed by atoms with Gasteiger partial charge in [-0.3, -0.25) is 14.4 Å². The summed E-state index contributed by atoms with van der Waals surface area (Å²) in [5.41, 5.74) is 1.07. The van der Waals surface area contributed by atoms with Crippen LogP contribution in [0, 0.1) is 12.8 Å². The summed E-state index contributed by atoms with van der Waals surface area (Å²) in [5.74, 6) is 0.555. The zero-order chi connectivity index (χ0) is 17.6. The Morgan fingerprint density at radius 2 is 2.16 bits per heavy atom. The second kappa shape index (κ2) is 8.78. The fourth-order valence-corrected chi connectivity index (χ4v) is 4.07. The molecule has 3 heterocycles. The van der Waals surface area contributed by atoms with Crippen LogP contribution in [0.2, 0.25) is 0 Å². The van der Waals surface area contributed by atoms with Gasteiger partial charge in [0.15, 0.2) is 0 Å². The fraction of sp³-hybridized carbons (Fsp3) is 0.778. The summed E-state index contributed by atoms with van der Waals surface area (Å²) in [6.45, 7) is 7.62. The van der Waals surface area contributed by atoms with E-state index in [4.69, 9.17) is 4.74 Å². The number of likely N-dealkylation sites (tertiary alicyclic amines) is 1. The van der Waals surface area contributed by atoms with Crippen LogP contribution in [0.3, 0.4) is 0 Å². The van der Waals surface area contributed by atoms with Crippen molar-refractivity contribution in [3.8, 4) is 0 Å². The number of amides is 1. The molecule has 3 rings (SSSR count). The molecule has 1 amide bonds. The maximum atomic E-state index is 12.7. The van der Waals surface area contributed by atoms with Crippen molar-refractivity contribution in [2.45, 2.75) is 38.8 Å². The molecule has 0 aromatic carbocycles. The van der Waals surface area contributed by atoms with E-state index in [1.807, 2.05) is 18.0 Å². The Morgan fingerprint density at radius 3 is 2.84 bits per heavy atom. The van der Waals surface area contributed by atoms with E-state index < -0.39 is 0 Å². The van der Waals surface area contributed by atoms with Crippen molar-refractivity contribution >= 4 is 5.91 Å². The van der Waals surface area contributed by atoms with Crippen LogP contribution >= 0.6 is 0 Å². The van der Waals surface area contributed by atoms with Crippen LogP contribution in [0.15, 0.2) is 12.4 Å². The molecule has 1 aromatic heterocycles. The van der Waals surface area contributed by atoms with Crippen LogP contribution in [0.25, 0.3) is 0 Å². The molecule has 0 saturated carbocycles. The molecule has 2 atom stereocenters. The Morgan fingerprint density at radius 1 is 1.36 bits per heavy atom. The van der Waals surface area contributed by atoms with Crippen molar-refractivity contribution in [2.75, 3.05) is 46.0 Å². The summed E-state index contributed by atoms with van der Waals surface area (Å²) in [6, 6.07) is 0.492. The van der Waals surface area contributed by atoms with Gasteiger partial charge < -0.3 is 14.7 Å². The number of hydrogen-bond donors (Lipinski definition) is 1. The highest BCUT2D eigenvalue weighted by Crippen LogP contribution is 2.27. The van der Waals surface area contributed by atoms with Gasteiger partial charge in [-0.1, -0.05) is 0 Å². The second-order valence-corrected chi connectivity index (χ2v) is 7.19. The van der Waals surface area contributed by atoms with Crippen molar-refractivity contribution in [1.82, 2.24) is 19.6 Å². The van der Waals surface area contributed by atoms with Gasteiger partial charge in [-0.05, 0) is 37.7 Å². The van der Waals surface area contributed by atoms with E-state index in [9.17, 15) is 9.90 Å². The Balaban J connectivity index is 1.60. The minimum absolute atomic E-state index is 0.137. The standard InChI is InChI=1S/C18H30N4O3/c1-15-11-19-22(12-15)14-18(24)21-5-4-17(16(13-21)3-2-8-23)20-6-9-25-10-7-20/h11-12,16-17,23H,2-10,13-14H2,1H3/t16-,17+/m1/s1. The zero-order valence-electron chi connectivity index (χ0n) is 15.1. The molecule has 7 nitrogen and oxygen atoms in total. The normalized spacial score (nSPS) is 25.3. The molecule has 0 radical (unpaired) electrons. The van der Waals surface area contributed by atoms with E-state index >= 15 is 0 Å². The van der Waals surface area contributed by atoms with Gasteiger partial charge in [0.2, 0.25) is 5.91 Å². The number of hydrogen-bond acceptors (Lipinski definition) is 5. The number of aryl methyl sites for hydroxylation is 1. The molecular weight excluding hydrogens is 320 g/mol. The first-order valence-electron chi connectivity index (χ1n) is 9.37. The van der Waals surface area contributed by atoms with Crippen molar-refractivity contribution in [3.05, 3.63) is 18.0 Å². The lowest BCUT2D eigenvalue weighted by Crippen LogP contribution is -2.55. The lowest BCUT2D eigenvalue weighted by Gasteiger charge is -2.45. The molecule has 2 aliphatic rings. The first kappa shape index (κ1) is 18.4. The number of ether oxygens (including phenoxy) is 1. The minimum atomic E-state index is 0.137. The monoisotopic (exact) mass is 350 g/mol. The number of nitrogens with zero attached hydrogens (tertiary/aromatic N) is 4. The van der Waals surface area contributed by atoms with Crippen LogP contribution < -0.4 is 0 Å². The van der Waals surface area contributed by atoms with E-state index in [-0.39, 0.29) is 12.5 Å². The SMILES string of the molecule is Cc1cnn(CC(=O)N2CC[C@H](N3CCOCC3)[C@H](CCCO)C2)c1. The van der Waals surface area contributed by atoms with Crippen molar-refractivity contribution < 1.29 is 14.6 Å². The third-order valence-electron chi connectivity index (χ3n) is 5.35. The molecule has 2 aliphatic heterocycles. The van der Waals surface area contributed by atoms with Crippen molar-refractivity contribution in [2.24, 2.45) is 5.92 Å². The van der Waals surface area contributed by atoms with Crippen LogP contribution in [0.5, 0.6) is 0 Å². The van der Waals surface area contributed by atoms with Gasteiger partial charge in [0.25, 0.3) is 0 Å². The highest BCUT2D eigenvalue weighted by Gasteiger charge is 2.35. The number of aliphatic hydroxyl groups is 1. The molecular formula is C18H30N4O3. The number of aliphatic hydroxyl groups excluding tert-OH is 1. The third-order valence-corrected chi connectivity index (χ3v) is 5.35. The number of carbonyl (C=O) groups excluding carboxylic acids is 1. The lowest BCUT2D eigenvalue weighted by atomic mass is 9.86. The first-order chi connectivity index (χ1) is 12.2. The summed E-state index contributed by atoms with van der Waals surface area (Å²) in [6.07, 6.45) is 6.44. The summed E-state index contributed by atoms with van der Waals surface area (Å²) in [5, 5.41) is 13.5. The Hall–Kier alpha value is -1.44. The molecule has 25 heavy (non-hydrogen) atoms. The molecule has 2 fully saturated rings. The topological polar surface area (TPSA) is 70.8 Å². The molecule has 1 aromatic rings. The largest absolute Gasteiger partial charge is 0.396 e. The smallest absolute Gasteiger partial charge is 0.244 e. The van der Waals surface area contributed by atoms with E-state index in [1.54, 1.807) is 10.9 Å². The van der Waals surface area contributed by atoms with E-state index in [2.05, 4.69) is 10.00 Å². The average Bonchev–Trinajstić information content (AvgIpc) is 3.05. The van der Waals surface area contributed by atoms with Gasteiger partial charge in [-0.15, -0.1) is 0 Å². The zero-order valence-corrected chi connectivity index (χ0v) is 15.1. The highest BCUT2D eigenvalue weighted by atomic mass is 16.5. The van der Waals surface area contributed by atoms with Crippen molar-refractivity contribution in [1.29, 1.82) is 0 Å². The summed E-state index contributed by atoms with van der Waals surface area (Å²) >= 11 is 0. The van der Waals surface area contributed by atoms with Gasteiger partial charge in [0, 0.05) is 45.0 Å². The average molecular weight is 350 g/mol. The van der Waals surface area contributed by atoms with Crippen LogP contribution in [-0.4, -0.2) is 82.6 Å². The number of carbonyl (C=O) groups is 1. The van der Waals surface area contributed by atoms with Gasteiger partial charge in [-0.25, -0.2) is 0 Å². The maximum Gasteiger partial charge on any atom is 0.244 e. The Labute approximate surface area is 149 Å². The number of piperidine rings is 1. The number of rotatable bonds is 6. The number of morpholine rings is 1. The lowest BCUT2D eigenvalue weighted by molar-refractivity contribution is -0.135. The first-order valence-corrected chi connectivity index (χ1v) is 9.37. The number of aromatic nitrogens is 2. The van der Waals surface area contributed by atoms with Crippen LogP contribution in [0.4, 0.5) is 0 Å². The van der Waals surface area contributed by atoms with E-state index in [1.165, 1.54) is 0 Å². The third kappa shape index (κ3) is 4.80. The van der Waals surface area contributed by atoms with Gasteiger partial charge in [0.05, 0.1) is 19.4 Å². The molecule has 140 valence electrons. The van der Waals surface area contributed by atoms with Crippen molar-refractivity contribution in [3.63, 3.8) is 0 Å². The Kier molecular flexibility index (Phi) is 6.45. The molecule has 0 aliphatic carbocycles. The molecule has 2 saturated heterocycles. The minimum Gasteiger partial charge on any atom is -0.396 e. The van der Waals surface area contributed by atoms with Gasteiger partial charge in [0.1, 0.15) is 6.54 Å². The van der Waals surface area contributed by atoms with E-state index in [0.717, 1.165) is 64.2 Å². The maximum absolute atomic E-state index is 12.7. The Bertz CT molecular complexity index is 556. The quantitative estimate of drug-likeness (QED) is 0.810. The van der Waals surface area contributed by atoms with Gasteiger partial charge in [-0.2, -0.15) is 5.10 Å². The highest BCUT2D eigenvalue weighted by molar-refractivity contribution is 5.76. The molecule has 1 N–H and O–H groups in total. The van der Waals surface area contributed by atoms with Crippen LogP contribution in [-0.2, 0) is 16.1 Å². The molecule has 7 heteroatoms. The second-order valence-electron chi connectivity index (χ2n) is 7.19. The molecule has 0 bridgehead atoms. The summed E-state index contributed by atoms with van der Waals surface area (Å²) in [7, 11) is 0.